The van der Waals surface area contributed by atoms with Crippen LogP contribution in [0, 0.1) is 13.8 Å². The molecule has 1 N–H and O–H groups in total. The fraction of sp³-hybridized carbons (Fsp3) is 0.357. The highest BCUT2D eigenvalue weighted by molar-refractivity contribution is 5.96. The third kappa shape index (κ3) is 2.01. The average Bonchev–Trinajstić information content (AvgIpc) is 2.97. The van der Waals surface area contributed by atoms with Gasteiger partial charge in [-0.3, -0.25) is 14.9 Å². The minimum Gasteiger partial charge on any atom is -0.310 e. The molecule has 2 aromatic rings. The summed E-state index contributed by atoms with van der Waals surface area (Å²) in [5, 5.41) is 7.05. The van der Waals surface area contributed by atoms with Gasteiger partial charge in [0.15, 0.2) is 0 Å². The van der Waals surface area contributed by atoms with Crippen LogP contribution in [0.2, 0.25) is 0 Å². The molecule has 1 aliphatic heterocycles. The summed E-state index contributed by atoms with van der Waals surface area (Å²) >= 11 is 0. The van der Waals surface area contributed by atoms with Crippen LogP contribution in [0.15, 0.2) is 18.5 Å². The molecule has 3 heterocycles. The van der Waals surface area contributed by atoms with Crippen LogP contribution in [0.25, 0.3) is 0 Å². The summed E-state index contributed by atoms with van der Waals surface area (Å²) in [7, 11) is 0. The molecule has 0 fully saturated rings. The zero-order valence-corrected chi connectivity index (χ0v) is 11.1. The molecule has 19 heavy (non-hydrogen) atoms. The molecule has 5 nitrogen and oxygen atoms in total. The van der Waals surface area contributed by atoms with Gasteiger partial charge in [-0.05, 0) is 31.9 Å². The number of nitrogens with one attached hydrogen (secondary N) is 1. The normalized spacial score (nSPS) is 13.7. The maximum atomic E-state index is 12.4. The second kappa shape index (κ2) is 4.50. The summed E-state index contributed by atoms with van der Waals surface area (Å²) in [5.74, 6) is 0.111. The van der Waals surface area contributed by atoms with Gasteiger partial charge < -0.3 is 4.90 Å². The fourth-order valence-corrected chi connectivity index (χ4v) is 2.56. The van der Waals surface area contributed by atoms with Gasteiger partial charge in [-0.2, -0.15) is 5.10 Å². The van der Waals surface area contributed by atoms with Crippen molar-refractivity contribution in [3.8, 4) is 0 Å². The van der Waals surface area contributed by atoms with Gasteiger partial charge >= 0.3 is 0 Å². The molecule has 2 aromatic heterocycles. The molecule has 0 saturated heterocycles. The molecule has 0 saturated carbocycles. The minimum atomic E-state index is 0.111. The predicted molar refractivity (Wildman–Crippen MR) is 72.1 cm³/mol. The SMILES string of the molecule is Cc1n[nH]c(C)c1CC(=O)N1CCc2ccncc21. The van der Waals surface area contributed by atoms with Crippen molar-refractivity contribution >= 4 is 11.6 Å². The smallest absolute Gasteiger partial charge is 0.231 e. The van der Waals surface area contributed by atoms with Crippen molar-refractivity contribution in [2.24, 2.45) is 0 Å². The number of pyridine rings is 1. The average molecular weight is 256 g/mol. The monoisotopic (exact) mass is 256 g/mol. The van der Waals surface area contributed by atoms with E-state index < -0.39 is 0 Å². The highest BCUT2D eigenvalue weighted by Crippen LogP contribution is 2.27. The van der Waals surface area contributed by atoms with Gasteiger partial charge in [0.2, 0.25) is 5.91 Å². The van der Waals surface area contributed by atoms with E-state index >= 15 is 0 Å². The summed E-state index contributed by atoms with van der Waals surface area (Å²) in [6, 6.07) is 1.98. The number of fused-ring (bicyclic) bond motifs is 1. The first-order chi connectivity index (χ1) is 9.16. The molecule has 0 atom stereocenters. The number of hydrogen-bond donors (Lipinski definition) is 1. The van der Waals surface area contributed by atoms with Crippen LogP contribution in [0.3, 0.4) is 0 Å². The highest BCUT2D eigenvalue weighted by atomic mass is 16.2. The third-order valence-corrected chi connectivity index (χ3v) is 3.69. The molecule has 3 rings (SSSR count). The summed E-state index contributed by atoms with van der Waals surface area (Å²) in [6.45, 7) is 4.61. The Morgan fingerprint density at radius 1 is 1.47 bits per heavy atom. The van der Waals surface area contributed by atoms with Crippen LogP contribution in [0.4, 0.5) is 5.69 Å². The molecule has 0 unspecified atom stereocenters. The lowest BCUT2D eigenvalue weighted by Gasteiger charge is -2.16. The van der Waals surface area contributed by atoms with Crippen LogP contribution < -0.4 is 4.90 Å². The molecule has 5 heteroatoms. The molecule has 0 bridgehead atoms. The zero-order valence-electron chi connectivity index (χ0n) is 11.1. The Morgan fingerprint density at radius 2 is 2.32 bits per heavy atom. The number of aromatic amines is 1. The number of hydrogen-bond acceptors (Lipinski definition) is 3. The third-order valence-electron chi connectivity index (χ3n) is 3.69. The van der Waals surface area contributed by atoms with Crippen LogP contribution in [0.1, 0.15) is 22.5 Å². The van der Waals surface area contributed by atoms with Crippen molar-refractivity contribution in [3.05, 3.63) is 41.0 Å². The van der Waals surface area contributed by atoms with Crippen molar-refractivity contribution in [2.75, 3.05) is 11.4 Å². The first-order valence-electron chi connectivity index (χ1n) is 6.40. The Labute approximate surface area is 111 Å². The Hall–Kier alpha value is -2.17. The van der Waals surface area contributed by atoms with Gasteiger partial charge in [-0.25, -0.2) is 0 Å². The van der Waals surface area contributed by atoms with Gasteiger partial charge in [0.25, 0.3) is 0 Å². The van der Waals surface area contributed by atoms with Crippen LogP contribution >= 0.6 is 0 Å². The van der Waals surface area contributed by atoms with E-state index in [-0.39, 0.29) is 5.91 Å². The second-order valence-electron chi connectivity index (χ2n) is 4.89. The lowest BCUT2D eigenvalue weighted by atomic mass is 10.1. The second-order valence-corrected chi connectivity index (χ2v) is 4.89. The number of amides is 1. The van der Waals surface area contributed by atoms with Gasteiger partial charge in [-0.15, -0.1) is 0 Å². The van der Waals surface area contributed by atoms with E-state index in [0.717, 1.165) is 35.6 Å². The number of carbonyl (C=O) groups is 1. The lowest BCUT2D eigenvalue weighted by molar-refractivity contribution is -0.117. The van der Waals surface area contributed by atoms with Crippen molar-refractivity contribution in [1.82, 2.24) is 15.2 Å². The van der Waals surface area contributed by atoms with Crippen molar-refractivity contribution in [2.45, 2.75) is 26.7 Å². The maximum absolute atomic E-state index is 12.4. The van der Waals surface area contributed by atoms with Gasteiger partial charge in [-0.1, -0.05) is 0 Å². The number of rotatable bonds is 2. The lowest BCUT2D eigenvalue weighted by Crippen LogP contribution is -2.30. The minimum absolute atomic E-state index is 0.111. The molecule has 1 aliphatic rings. The maximum Gasteiger partial charge on any atom is 0.231 e. The van der Waals surface area contributed by atoms with Gasteiger partial charge in [0, 0.05) is 24.0 Å². The van der Waals surface area contributed by atoms with Crippen molar-refractivity contribution in [1.29, 1.82) is 0 Å². The summed E-state index contributed by atoms with van der Waals surface area (Å²) in [5.41, 5.74) is 5.02. The number of anilines is 1. The molecule has 0 spiro atoms. The summed E-state index contributed by atoms with van der Waals surface area (Å²) in [4.78, 5) is 18.4. The van der Waals surface area contributed by atoms with E-state index in [0.29, 0.717) is 6.42 Å². The van der Waals surface area contributed by atoms with E-state index in [9.17, 15) is 4.79 Å². The first-order valence-corrected chi connectivity index (χ1v) is 6.40. The van der Waals surface area contributed by atoms with Crippen LogP contribution in [0.5, 0.6) is 0 Å². The highest BCUT2D eigenvalue weighted by Gasteiger charge is 2.25. The Morgan fingerprint density at radius 3 is 3.05 bits per heavy atom. The van der Waals surface area contributed by atoms with E-state index in [1.807, 2.05) is 24.8 Å². The van der Waals surface area contributed by atoms with Crippen LogP contribution in [-0.4, -0.2) is 27.6 Å². The largest absolute Gasteiger partial charge is 0.310 e. The number of nitrogens with zero attached hydrogens (tertiary/aromatic N) is 3. The van der Waals surface area contributed by atoms with Gasteiger partial charge in [0.05, 0.1) is 24.0 Å². The standard InChI is InChI=1S/C14H16N4O/c1-9-12(10(2)17-16-9)7-14(19)18-6-4-11-3-5-15-8-13(11)18/h3,5,8H,4,6-7H2,1-2H3,(H,16,17). The number of carbonyl (C=O) groups excluding carboxylic acids is 1. The van der Waals surface area contributed by atoms with Crippen molar-refractivity contribution in [3.63, 3.8) is 0 Å². The first kappa shape index (κ1) is 11.9. The predicted octanol–water partition coefficient (Wildman–Crippen LogP) is 1.55. The Kier molecular flexibility index (Phi) is 2.81. The molecule has 98 valence electrons. The van der Waals surface area contributed by atoms with E-state index in [4.69, 9.17) is 0 Å². The Balaban J connectivity index is 1.83. The fourth-order valence-electron chi connectivity index (χ4n) is 2.56. The van der Waals surface area contributed by atoms with E-state index in [1.54, 1.807) is 12.4 Å². The molecule has 0 radical (unpaired) electrons. The van der Waals surface area contributed by atoms with Crippen LogP contribution in [-0.2, 0) is 17.6 Å². The zero-order chi connectivity index (χ0) is 13.4. The molecular weight excluding hydrogens is 240 g/mol. The quantitative estimate of drug-likeness (QED) is 0.886. The number of aryl methyl sites for hydroxylation is 2. The molecular formula is C14H16N4O. The summed E-state index contributed by atoms with van der Waals surface area (Å²) in [6.07, 6.45) is 4.85. The Bertz CT molecular complexity index is 613. The van der Waals surface area contributed by atoms with E-state index in [2.05, 4.69) is 15.2 Å². The number of aromatic nitrogens is 3. The van der Waals surface area contributed by atoms with Crippen molar-refractivity contribution < 1.29 is 4.79 Å². The van der Waals surface area contributed by atoms with Gasteiger partial charge in [0.1, 0.15) is 0 Å². The summed E-state index contributed by atoms with van der Waals surface area (Å²) < 4.78 is 0. The van der Waals surface area contributed by atoms with E-state index in [1.165, 1.54) is 5.56 Å². The number of H-pyrrole nitrogens is 1. The molecule has 0 aromatic carbocycles. The topological polar surface area (TPSA) is 61.9 Å². The molecule has 1 amide bonds. The molecule has 0 aliphatic carbocycles.